The van der Waals surface area contributed by atoms with Crippen molar-refractivity contribution in [1.29, 1.82) is 0 Å². The van der Waals surface area contributed by atoms with E-state index in [9.17, 15) is 9.59 Å². The molecular weight excluding hydrogens is 494 g/mol. The molecule has 0 aromatic carbocycles. The van der Waals surface area contributed by atoms with E-state index in [1.165, 1.54) is 0 Å². The molecule has 0 saturated carbocycles. The summed E-state index contributed by atoms with van der Waals surface area (Å²) in [6.07, 6.45) is 6.26. The minimum absolute atomic E-state index is 0.0311. The van der Waals surface area contributed by atoms with Crippen LogP contribution in [0.25, 0.3) is 0 Å². The Bertz CT molecular complexity index is 709. The lowest BCUT2D eigenvalue weighted by atomic mass is 9.85. The number of nitrogens with two attached hydrogens (primary N) is 2. The summed E-state index contributed by atoms with van der Waals surface area (Å²) in [5.74, 6) is -0.0338. The number of methoxy groups -OCH3 is 1. The number of ketones is 2. The Kier molecular flexibility index (Phi) is 17.4. The summed E-state index contributed by atoms with van der Waals surface area (Å²) in [6.45, 7) is 18.4. The van der Waals surface area contributed by atoms with E-state index in [2.05, 4.69) is 29.8 Å². The molecule has 2 atom stereocenters. The van der Waals surface area contributed by atoms with Gasteiger partial charge in [-0.3, -0.25) is 14.9 Å². The number of carbonyl (C=O) groups excluding carboxylic acids is 2. The molecule has 232 valence electrons. The van der Waals surface area contributed by atoms with Crippen LogP contribution in [0.1, 0.15) is 107 Å². The van der Waals surface area contributed by atoms with Crippen molar-refractivity contribution in [3.8, 4) is 0 Å². The molecule has 0 amide bonds. The van der Waals surface area contributed by atoms with Gasteiger partial charge in [-0.15, -0.1) is 0 Å². The lowest BCUT2D eigenvalue weighted by Crippen LogP contribution is -2.62. The molecule has 0 saturated heterocycles. The van der Waals surface area contributed by atoms with E-state index in [0.29, 0.717) is 32.5 Å². The van der Waals surface area contributed by atoms with Gasteiger partial charge >= 0.3 is 0 Å². The van der Waals surface area contributed by atoms with Crippen LogP contribution >= 0.6 is 0 Å². The molecule has 0 aliphatic rings. The van der Waals surface area contributed by atoms with Gasteiger partial charge in [0.2, 0.25) is 0 Å². The Balaban J connectivity index is 5.22. The van der Waals surface area contributed by atoms with Gasteiger partial charge in [-0.05, 0) is 121 Å². The van der Waals surface area contributed by atoms with Crippen LogP contribution in [-0.4, -0.2) is 86.3 Å². The maximum atomic E-state index is 13.8. The zero-order valence-electron chi connectivity index (χ0n) is 26.9. The minimum Gasteiger partial charge on any atom is -0.379 e. The monoisotopic (exact) mass is 557 g/mol. The molecule has 0 bridgehead atoms. The number of Topliss-reactive ketones (excluding diaryl/α,β-unsaturated/α-hetero) is 2. The largest absolute Gasteiger partial charge is 0.379 e. The first-order valence-corrected chi connectivity index (χ1v) is 14.9. The highest BCUT2D eigenvalue weighted by Crippen LogP contribution is 2.21. The SMILES string of the molecule is CNCCCCC(N)C(=O)C(C)(C)NC(CCCCN)C(=O)C(C)(C)NCCC(C)(C)OCCC(C)(C)OC. The van der Waals surface area contributed by atoms with Gasteiger partial charge in [0, 0.05) is 7.11 Å². The van der Waals surface area contributed by atoms with Gasteiger partial charge in [-0.2, -0.15) is 0 Å². The Morgan fingerprint density at radius 1 is 0.795 bits per heavy atom. The zero-order chi connectivity index (χ0) is 30.3. The first-order valence-electron chi connectivity index (χ1n) is 14.9. The molecule has 7 N–H and O–H groups in total. The van der Waals surface area contributed by atoms with Crippen LogP contribution < -0.4 is 27.4 Å². The van der Waals surface area contributed by atoms with Gasteiger partial charge in [0.15, 0.2) is 11.6 Å². The van der Waals surface area contributed by atoms with Gasteiger partial charge in [0.25, 0.3) is 0 Å². The zero-order valence-corrected chi connectivity index (χ0v) is 26.9. The third kappa shape index (κ3) is 15.6. The predicted octanol–water partition coefficient (Wildman–Crippen LogP) is 3.08. The lowest BCUT2D eigenvalue weighted by Gasteiger charge is -2.36. The fraction of sp³-hybridized carbons (Fsp3) is 0.933. The second-order valence-electron chi connectivity index (χ2n) is 13.2. The van der Waals surface area contributed by atoms with Gasteiger partial charge in [-0.25, -0.2) is 0 Å². The van der Waals surface area contributed by atoms with Crippen molar-refractivity contribution in [2.45, 2.75) is 141 Å². The number of carbonyl (C=O) groups is 2. The molecule has 0 heterocycles. The average molecular weight is 558 g/mol. The van der Waals surface area contributed by atoms with E-state index in [1.807, 2.05) is 48.6 Å². The maximum absolute atomic E-state index is 13.8. The van der Waals surface area contributed by atoms with Crippen LogP contribution in [0.15, 0.2) is 0 Å². The molecule has 0 fully saturated rings. The van der Waals surface area contributed by atoms with E-state index in [4.69, 9.17) is 20.9 Å². The summed E-state index contributed by atoms with van der Waals surface area (Å²) in [5.41, 5.74) is 9.72. The van der Waals surface area contributed by atoms with Crippen LogP contribution in [0.4, 0.5) is 0 Å². The Hall–Kier alpha value is -0.940. The summed E-state index contributed by atoms with van der Waals surface area (Å²) >= 11 is 0. The first kappa shape index (κ1) is 38.1. The Morgan fingerprint density at radius 3 is 1.97 bits per heavy atom. The Labute approximate surface area is 239 Å². The van der Waals surface area contributed by atoms with E-state index in [1.54, 1.807) is 7.11 Å². The average Bonchev–Trinajstić information content (AvgIpc) is 2.84. The third-order valence-electron chi connectivity index (χ3n) is 7.60. The van der Waals surface area contributed by atoms with Crippen LogP contribution in [0.2, 0.25) is 0 Å². The molecule has 39 heavy (non-hydrogen) atoms. The molecule has 0 radical (unpaired) electrons. The van der Waals surface area contributed by atoms with Gasteiger partial charge in [0.1, 0.15) is 0 Å². The molecule has 0 rings (SSSR count). The summed E-state index contributed by atoms with van der Waals surface area (Å²) in [5, 5.41) is 9.95. The molecule has 9 nitrogen and oxygen atoms in total. The topological polar surface area (TPSA) is 141 Å². The van der Waals surface area contributed by atoms with Crippen molar-refractivity contribution in [3.05, 3.63) is 0 Å². The summed E-state index contributed by atoms with van der Waals surface area (Å²) in [4.78, 5) is 27.0. The first-order chi connectivity index (χ1) is 17.9. The Morgan fingerprint density at radius 2 is 1.41 bits per heavy atom. The van der Waals surface area contributed by atoms with Crippen molar-refractivity contribution in [1.82, 2.24) is 16.0 Å². The van der Waals surface area contributed by atoms with Gasteiger partial charge < -0.3 is 31.6 Å². The molecule has 2 unspecified atom stereocenters. The van der Waals surface area contributed by atoms with Crippen molar-refractivity contribution < 1.29 is 19.1 Å². The highest BCUT2D eigenvalue weighted by Gasteiger charge is 2.39. The number of hydrogen-bond donors (Lipinski definition) is 5. The molecule has 0 aliphatic heterocycles. The summed E-state index contributed by atoms with van der Waals surface area (Å²) in [7, 11) is 3.63. The number of unbranched alkanes of at least 4 members (excludes halogenated alkanes) is 2. The second-order valence-corrected chi connectivity index (χ2v) is 13.2. The number of rotatable bonds is 24. The van der Waals surface area contributed by atoms with E-state index >= 15 is 0 Å². The van der Waals surface area contributed by atoms with E-state index < -0.39 is 23.2 Å². The smallest absolute Gasteiger partial charge is 0.169 e. The van der Waals surface area contributed by atoms with Crippen molar-refractivity contribution in [2.75, 3.05) is 40.4 Å². The minimum atomic E-state index is -0.923. The summed E-state index contributed by atoms with van der Waals surface area (Å²) < 4.78 is 11.6. The van der Waals surface area contributed by atoms with E-state index in [-0.39, 0.29) is 22.8 Å². The number of nitrogens with one attached hydrogen (secondary N) is 3. The fourth-order valence-electron chi connectivity index (χ4n) is 4.47. The van der Waals surface area contributed by atoms with Crippen molar-refractivity contribution in [2.24, 2.45) is 11.5 Å². The molecule has 0 spiro atoms. The molecule has 9 heteroatoms. The molecular formula is C30H63N5O4. The molecule has 0 aliphatic carbocycles. The van der Waals surface area contributed by atoms with Crippen LogP contribution in [-0.2, 0) is 19.1 Å². The molecule has 0 aromatic heterocycles. The maximum Gasteiger partial charge on any atom is 0.169 e. The second kappa shape index (κ2) is 17.8. The van der Waals surface area contributed by atoms with Crippen LogP contribution in [0, 0.1) is 0 Å². The quantitative estimate of drug-likeness (QED) is 0.113. The highest BCUT2D eigenvalue weighted by atomic mass is 16.5. The lowest BCUT2D eigenvalue weighted by molar-refractivity contribution is -0.130. The number of hydrogen-bond acceptors (Lipinski definition) is 9. The van der Waals surface area contributed by atoms with Crippen molar-refractivity contribution >= 4 is 11.6 Å². The number of ether oxygens (including phenoxy) is 2. The van der Waals surface area contributed by atoms with Crippen LogP contribution in [0.3, 0.4) is 0 Å². The standard InChI is InChI=1S/C30H63N5O4/c1-27(2,38-10)18-22-39-28(3,4)17-21-34-29(5,6)26(37)24(16-11-13-19-31)35-30(7,8)25(36)23(32)15-12-14-20-33-9/h23-24,33-35H,11-22,31-32H2,1-10H3. The highest BCUT2D eigenvalue weighted by molar-refractivity contribution is 5.95. The fourth-order valence-corrected chi connectivity index (χ4v) is 4.47. The summed E-state index contributed by atoms with van der Waals surface area (Å²) in [6, 6.07) is -1.05. The molecule has 0 aromatic rings. The normalized spacial score (nSPS) is 14.9. The van der Waals surface area contributed by atoms with Crippen LogP contribution in [0.5, 0.6) is 0 Å². The predicted molar refractivity (Wildman–Crippen MR) is 162 cm³/mol. The van der Waals surface area contributed by atoms with Gasteiger partial charge in [-0.1, -0.05) is 12.8 Å². The van der Waals surface area contributed by atoms with Crippen molar-refractivity contribution in [3.63, 3.8) is 0 Å². The third-order valence-corrected chi connectivity index (χ3v) is 7.60. The van der Waals surface area contributed by atoms with Gasteiger partial charge in [0.05, 0.1) is 41.0 Å². The van der Waals surface area contributed by atoms with E-state index in [0.717, 1.165) is 45.1 Å².